The van der Waals surface area contributed by atoms with Crippen molar-refractivity contribution in [3.8, 4) is 17.3 Å². The van der Waals surface area contributed by atoms with Gasteiger partial charge in [0, 0.05) is 44.7 Å². The van der Waals surface area contributed by atoms with Gasteiger partial charge in [0.15, 0.2) is 0 Å². The van der Waals surface area contributed by atoms with Crippen LogP contribution in [0.1, 0.15) is 38.5 Å². The summed E-state index contributed by atoms with van der Waals surface area (Å²) in [6.07, 6.45) is 6.11. The fourth-order valence-corrected chi connectivity index (χ4v) is 4.87. The number of nitrogens with one attached hydrogen (secondary N) is 2. The van der Waals surface area contributed by atoms with Crippen molar-refractivity contribution in [2.75, 3.05) is 44.1 Å². The van der Waals surface area contributed by atoms with E-state index in [-0.39, 0.29) is 6.04 Å². The van der Waals surface area contributed by atoms with Gasteiger partial charge in [-0.2, -0.15) is 5.26 Å². The maximum atomic E-state index is 10.5. The van der Waals surface area contributed by atoms with Crippen LogP contribution in [0.25, 0.3) is 11.3 Å². The van der Waals surface area contributed by atoms with Crippen LogP contribution in [0.5, 0.6) is 0 Å². The van der Waals surface area contributed by atoms with Gasteiger partial charge in [-0.25, -0.2) is 9.97 Å². The molecule has 1 saturated carbocycles. The highest BCUT2D eigenvalue weighted by Gasteiger charge is 2.34. The van der Waals surface area contributed by atoms with Crippen LogP contribution in [0.3, 0.4) is 0 Å². The highest BCUT2D eigenvalue weighted by Crippen LogP contribution is 2.33. The molecular formula is C25H32ClN5O3. The molecule has 4 rings (SSSR count). The molecule has 1 aliphatic heterocycles. The smallest absolute Gasteiger partial charge is 0.126 e. The minimum Gasteiger partial charge on any atom is -0.387 e. The van der Waals surface area contributed by atoms with Gasteiger partial charge in [0.2, 0.25) is 0 Å². The summed E-state index contributed by atoms with van der Waals surface area (Å²) in [5, 5.41) is 27.6. The van der Waals surface area contributed by atoms with Crippen LogP contribution in [0, 0.1) is 16.7 Å². The van der Waals surface area contributed by atoms with Gasteiger partial charge in [0.1, 0.15) is 11.6 Å². The number of halogens is 1. The lowest BCUT2D eigenvalue weighted by Gasteiger charge is -2.35. The Morgan fingerprint density at radius 2 is 2.00 bits per heavy atom. The Hall–Kier alpha value is -2.44. The van der Waals surface area contributed by atoms with Gasteiger partial charge >= 0.3 is 0 Å². The highest BCUT2D eigenvalue weighted by molar-refractivity contribution is 6.33. The van der Waals surface area contributed by atoms with E-state index in [9.17, 15) is 10.4 Å². The monoisotopic (exact) mass is 485 g/mol. The molecule has 0 amide bonds. The summed E-state index contributed by atoms with van der Waals surface area (Å²) < 4.78 is 10.6. The number of aromatic nitrogens is 2. The van der Waals surface area contributed by atoms with Gasteiger partial charge in [-0.3, -0.25) is 0 Å². The summed E-state index contributed by atoms with van der Waals surface area (Å²) in [6, 6.07) is 10.3. The highest BCUT2D eigenvalue weighted by atomic mass is 35.5. The summed E-state index contributed by atoms with van der Waals surface area (Å²) in [4.78, 5) is 9.19. The molecule has 8 nitrogen and oxygen atoms in total. The number of nitriles is 1. The van der Waals surface area contributed by atoms with Gasteiger partial charge in [-0.05, 0) is 56.7 Å². The largest absolute Gasteiger partial charge is 0.387 e. The molecule has 2 aromatic heterocycles. The van der Waals surface area contributed by atoms with E-state index in [0.29, 0.717) is 62.9 Å². The molecule has 3 heterocycles. The second kappa shape index (κ2) is 10.9. The topological polar surface area (TPSA) is 112 Å². The zero-order chi connectivity index (χ0) is 24.0. The Morgan fingerprint density at radius 1 is 1.24 bits per heavy atom. The van der Waals surface area contributed by atoms with E-state index in [4.69, 9.17) is 26.1 Å². The summed E-state index contributed by atoms with van der Waals surface area (Å²) in [5.74, 6) is 1.43. The summed E-state index contributed by atoms with van der Waals surface area (Å²) >= 11 is 6.49. The SMILES string of the molecule is COC[C@]1(O)CC[C@H](Nc2cc(-c3cccc(NCC4(C#N)CCOCC4)n3)c(Cl)cn2)CC1. The predicted octanol–water partition coefficient (Wildman–Crippen LogP) is 4.26. The number of rotatable bonds is 8. The van der Waals surface area contributed by atoms with E-state index in [0.717, 1.165) is 29.9 Å². The molecule has 0 aromatic carbocycles. The first-order chi connectivity index (χ1) is 16.4. The van der Waals surface area contributed by atoms with E-state index >= 15 is 0 Å². The minimum absolute atomic E-state index is 0.223. The maximum Gasteiger partial charge on any atom is 0.126 e. The fraction of sp³-hybridized carbons (Fsp3) is 0.560. The molecule has 2 aliphatic rings. The Kier molecular flexibility index (Phi) is 7.89. The molecule has 34 heavy (non-hydrogen) atoms. The van der Waals surface area contributed by atoms with Gasteiger partial charge in [-0.15, -0.1) is 0 Å². The van der Waals surface area contributed by atoms with E-state index in [2.05, 4.69) is 21.7 Å². The second-order valence-corrected chi connectivity index (χ2v) is 9.80. The standard InChI is InChI=1S/C25H32ClN5O3/c1-33-17-25(32)7-5-18(6-8-25)30-23-13-19(20(26)14-28-23)21-3-2-4-22(31-21)29-16-24(15-27)9-11-34-12-10-24/h2-4,13-14,18,32H,5-12,16-17H2,1H3,(H,28,30)(H,29,31)/t18-,25-. The Bertz CT molecular complexity index is 1010. The molecule has 3 N–H and O–H groups in total. The van der Waals surface area contributed by atoms with Crippen molar-refractivity contribution in [1.82, 2.24) is 9.97 Å². The van der Waals surface area contributed by atoms with Crippen LogP contribution in [-0.2, 0) is 9.47 Å². The van der Waals surface area contributed by atoms with E-state index in [1.165, 1.54) is 0 Å². The lowest BCUT2D eigenvalue weighted by atomic mass is 9.82. The van der Waals surface area contributed by atoms with Gasteiger partial charge in [0.05, 0.1) is 34.4 Å². The average Bonchev–Trinajstić information content (AvgIpc) is 2.86. The number of anilines is 2. The van der Waals surface area contributed by atoms with Crippen LogP contribution in [0.2, 0.25) is 5.02 Å². The van der Waals surface area contributed by atoms with Crippen molar-refractivity contribution < 1.29 is 14.6 Å². The molecule has 2 fully saturated rings. The molecule has 0 radical (unpaired) electrons. The third kappa shape index (κ3) is 5.97. The lowest BCUT2D eigenvalue weighted by Crippen LogP contribution is -2.41. The predicted molar refractivity (Wildman–Crippen MR) is 132 cm³/mol. The molecule has 1 saturated heterocycles. The van der Waals surface area contributed by atoms with Crippen LogP contribution in [0.4, 0.5) is 11.6 Å². The van der Waals surface area contributed by atoms with Crippen molar-refractivity contribution >= 4 is 23.2 Å². The van der Waals surface area contributed by atoms with Gasteiger partial charge in [-0.1, -0.05) is 17.7 Å². The third-order valence-electron chi connectivity index (χ3n) is 6.86. The third-order valence-corrected chi connectivity index (χ3v) is 7.16. The summed E-state index contributed by atoms with van der Waals surface area (Å²) in [5.41, 5.74) is 0.348. The number of pyridine rings is 2. The average molecular weight is 486 g/mol. The molecule has 0 spiro atoms. The zero-order valence-corrected chi connectivity index (χ0v) is 20.3. The molecule has 182 valence electrons. The molecule has 2 aromatic rings. The number of aliphatic hydroxyl groups is 1. The van der Waals surface area contributed by atoms with Crippen molar-refractivity contribution in [3.05, 3.63) is 35.5 Å². The quantitative estimate of drug-likeness (QED) is 0.508. The number of nitrogens with zero attached hydrogens (tertiary/aromatic N) is 3. The number of hydrogen-bond acceptors (Lipinski definition) is 8. The number of hydrogen-bond donors (Lipinski definition) is 3. The normalized spacial score (nSPS) is 24.2. The summed E-state index contributed by atoms with van der Waals surface area (Å²) in [7, 11) is 1.62. The van der Waals surface area contributed by atoms with E-state index in [1.54, 1.807) is 13.3 Å². The molecule has 1 aliphatic carbocycles. The maximum absolute atomic E-state index is 10.5. The van der Waals surface area contributed by atoms with Crippen LogP contribution in [0.15, 0.2) is 30.5 Å². The first-order valence-corrected chi connectivity index (χ1v) is 12.2. The van der Waals surface area contributed by atoms with E-state index in [1.807, 2.05) is 24.3 Å². The Balaban J connectivity index is 1.43. The molecular weight excluding hydrogens is 454 g/mol. The molecule has 0 atom stereocenters. The zero-order valence-electron chi connectivity index (χ0n) is 19.5. The van der Waals surface area contributed by atoms with E-state index < -0.39 is 11.0 Å². The molecule has 0 bridgehead atoms. The van der Waals surface area contributed by atoms with Crippen LogP contribution in [-0.4, -0.2) is 60.2 Å². The minimum atomic E-state index is -0.738. The fourth-order valence-electron chi connectivity index (χ4n) is 4.67. The van der Waals surface area contributed by atoms with Crippen molar-refractivity contribution in [1.29, 1.82) is 5.26 Å². The van der Waals surface area contributed by atoms with Gasteiger partial charge < -0.3 is 25.2 Å². The molecule has 0 unspecified atom stereocenters. The first kappa shape index (κ1) is 24.7. The van der Waals surface area contributed by atoms with Crippen molar-refractivity contribution in [3.63, 3.8) is 0 Å². The lowest BCUT2D eigenvalue weighted by molar-refractivity contribution is -0.0572. The molecule has 9 heteroatoms. The Morgan fingerprint density at radius 3 is 2.71 bits per heavy atom. The second-order valence-electron chi connectivity index (χ2n) is 9.39. The van der Waals surface area contributed by atoms with Crippen LogP contribution < -0.4 is 10.6 Å². The first-order valence-electron chi connectivity index (χ1n) is 11.8. The summed E-state index contributed by atoms with van der Waals surface area (Å²) in [6.45, 7) is 2.11. The number of ether oxygens (including phenoxy) is 2. The van der Waals surface area contributed by atoms with Crippen LogP contribution >= 0.6 is 11.6 Å². The van der Waals surface area contributed by atoms with Crippen molar-refractivity contribution in [2.45, 2.75) is 50.2 Å². The van der Waals surface area contributed by atoms with Crippen molar-refractivity contribution in [2.24, 2.45) is 5.41 Å². The number of methoxy groups -OCH3 is 1. The Labute approximate surface area is 205 Å². The van der Waals surface area contributed by atoms with Gasteiger partial charge in [0.25, 0.3) is 0 Å².